The topological polar surface area (TPSA) is 0 Å². The molecule has 0 heterocycles. The van der Waals surface area contributed by atoms with Gasteiger partial charge in [0.25, 0.3) is 0 Å². The second kappa shape index (κ2) is 10.9. The average Bonchev–Trinajstić information content (AvgIpc) is 2.17. The Hall–Kier alpha value is 0.730. The summed E-state index contributed by atoms with van der Waals surface area (Å²) in [7, 11) is 0. The highest BCUT2D eigenvalue weighted by molar-refractivity contribution is 14.1. The van der Waals surface area contributed by atoms with Gasteiger partial charge in [-0.2, -0.15) is 0 Å². The highest BCUT2D eigenvalue weighted by Crippen LogP contribution is 2.20. The Balaban J connectivity index is 3.32. The van der Waals surface area contributed by atoms with Crippen LogP contribution in [0.2, 0.25) is 0 Å². The molecule has 0 amide bonds. The molecular formula is C15H31I. The molecule has 16 heavy (non-hydrogen) atoms. The highest BCUT2D eigenvalue weighted by atomic mass is 127. The van der Waals surface area contributed by atoms with Crippen molar-refractivity contribution in [1.29, 1.82) is 0 Å². The molecule has 0 saturated carbocycles. The minimum absolute atomic E-state index is 0.856. The first-order chi connectivity index (χ1) is 7.56. The van der Waals surface area contributed by atoms with E-state index in [-0.39, 0.29) is 0 Å². The maximum absolute atomic E-state index is 2.54. The Labute approximate surface area is 117 Å². The van der Waals surface area contributed by atoms with Gasteiger partial charge in [0, 0.05) is 3.92 Å². The monoisotopic (exact) mass is 338 g/mol. The molecule has 0 aliphatic carbocycles. The average molecular weight is 338 g/mol. The Morgan fingerprint density at radius 3 is 1.62 bits per heavy atom. The van der Waals surface area contributed by atoms with E-state index in [4.69, 9.17) is 0 Å². The SMILES string of the molecule is CCC[C@H](C)CCC[C@@H](C)CCCC(C)I. The third kappa shape index (κ3) is 11.2. The lowest BCUT2D eigenvalue weighted by atomic mass is 9.93. The van der Waals surface area contributed by atoms with E-state index >= 15 is 0 Å². The van der Waals surface area contributed by atoms with Crippen LogP contribution in [0.5, 0.6) is 0 Å². The second-order valence-electron chi connectivity index (χ2n) is 5.64. The summed E-state index contributed by atoms with van der Waals surface area (Å²) in [6.07, 6.45) is 11.4. The number of hydrogen-bond donors (Lipinski definition) is 0. The molecule has 0 radical (unpaired) electrons. The molecule has 0 aromatic heterocycles. The van der Waals surface area contributed by atoms with Gasteiger partial charge in [-0.1, -0.05) is 95.2 Å². The molecule has 1 heteroatoms. The summed E-state index contributed by atoms with van der Waals surface area (Å²) in [5, 5.41) is 0. The van der Waals surface area contributed by atoms with Crippen molar-refractivity contribution >= 4 is 22.6 Å². The van der Waals surface area contributed by atoms with Crippen molar-refractivity contribution in [3.05, 3.63) is 0 Å². The molecule has 0 N–H and O–H groups in total. The lowest BCUT2D eigenvalue weighted by Crippen LogP contribution is -2.00. The Morgan fingerprint density at radius 2 is 1.19 bits per heavy atom. The minimum Gasteiger partial charge on any atom is -0.0829 e. The van der Waals surface area contributed by atoms with Crippen LogP contribution in [0.25, 0.3) is 0 Å². The number of rotatable bonds is 10. The second-order valence-corrected chi connectivity index (χ2v) is 7.77. The summed E-state index contributed by atoms with van der Waals surface area (Å²) in [5.74, 6) is 1.90. The van der Waals surface area contributed by atoms with Gasteiger partial charge in [0.1, 0.15) is 0 Å². The summed E-state index contributed by atoms with van der Waals surface area (Å²) in [6, 6.07) is 0. The summed E-state index contributed by atoms with van der Waals surface area (Å²) < 4.78 is 0.856. The summed E-state index contributed by atoms with van der Waals surface area (Å²) >= 11 is 2.54. The van der Waals surface area contributed by atoms with Crippen molar-refractivity contribution in [3.63, 3.8) is 0 Å². The van der Waals surface area contributed by atoms with Gasteiger partial charge in [-0.3, -0.25) is 0 Å². The Bertz CT molecular complexity index is 142. The van der Waals surface area contributed by atoms with Crippen LogP contribution in [0.1, 0.15) is 79.1 Å². The van der Waals surface area contributed by atoms with Crippen LogP contribution < -0.4 is 0 Å². The van der Waals surface area contributed by atoms with Crippen LogP contribution in [0.15, 0.2) is 0 Å². The molecule has 0 saturated heterocycles. The Kier molecular flexibility index (Phi) is 11.4. The molecular weight excluding hydrogens is 307 g/mol. The standard InChI is InChI=1S/C15H31I/c1-5-8-13(2)9-6-10-14(3)11-7-12-15(4)16/h13-15H,5-12H2,1-4H3/t13-,14+,15?/m0/s1. The van der Waals surface area contributed by atoms with E-state index < -0.39 is 0 Å². The summed E-state index contributed by atoms with van der Waals surface area (Å²) in [6.45, 7) is 9.45. The molecule has 0 aromatic rings. The van der Waals surface area contributed by atoms with Crippen LogP contribution in [-0.2, 0) is 0 Å². The van der Waals surface area contributed by atoms with E-state index in [1.165, 1.54) is 51.4 Å². The molecule has 0 aromatic carbocycles. The smallest absolute Gasteiger partial charge is 0.00813 e. The van der Waals surface area contributed by atoms with Gasteiger partial charge in [-0.25, -0.2) is 0 Å². The molecule has 0 fully saturated rings. The number of halogens is 1. The van der Waals surface area contributed by atoms with Crippen molar-refractivity contribution in [3.8, 4) is 0 Å². The highest BCUT2D eigenvalue weighted by Gasteiger charge is 2.05. The molecule has 0 nitrogen and oxygen atoms in total. The van der Waals surface area contributed by atoms with Gasteiger partial charge in [-0.05, 0) is 18.3 Å². The van der Waals surface area contributed by atoms with Crippen LogP contribution in [0, 0.1) is 11.8 Å². The zero-order chi connectivity index (χ0) is 12.4. The van der Waals surface area contributed by atoms with E-state index in [0.717, 1.165) is 15.8 Å². The van der Waals surface area contributed by atoms with Gasteiger partial charge >= 0.3 is 0 Å². The molecule has 0 rings (SSSR count). The van der Waals surface area contributed by atoms with E-state index in [9.17, 15) is 0 Å². The fraction of sp³-hybridized carbons (Fsp3) is 1.00. The lowest BCUT2D eigenvalue weighted by Gasteiger charge is -2.14. The van der Waals surface area contributed by atoms with Crippen LogP contribution in [0.4, 0.5) is 0 Å². The van der Waals surface area contributed by atoms with Crippen LogP contribution in [-0.4, -0.2) is 3.92 Å². The van der Waals surface area contributed by atoms with Crippen molar-refractivity contribution in [2.75, 3.05) is 0 Å². The third-order valence-corrected chi connectivity index (χ3v) is 4.10. The maximum atomic E-state index is 2.54. The molecule has 0 aliphatic rings. The zero-order valence-corrected chi connectivity index (χ0v) is 13.9. The quantitative estimate of drug-likeness (QED) is 0.327. The zero-order valence-electron chi connectivity index (χ0n) is 11.8. The minimum atomic E-state index is 0.856. The van der Waals surface area contributed by atoms with Gasteiger partial charge in [0.05, 0.1) is 0 Å². The Morgan fingerprint density at radius 1 is 0.750 bits per heavy atom. The fourth-order valence-electron chi connectivity index (χ4n) is 2.34. The van der Waals surface area contributed by atoms with Crippen molar-refractivity contribution in [2.24, 2.45) is 11.8 Å². The predicted molar refractivity (Wildman–Crippen MR) is 84.4 cm³/mol. The van der Waals surface area contributed by atoms with Gasteiger partial charge < -0.3 is 0 Å². The van der Waals surface area contributed by atoms with E-state index in [1.54, 1.807) is 0 Å². The molecule has 0 spiro atoms. The third-order valence-electron chi connectivity index (χ3n) is 3.47. The number of hydrogen-bond acceptors (Lipinski definition) is 0. The normalized spacial score (nSPS) is 17.1. The van der Waals surface area contributed by atoms with E-state index in [1.807, 2.05) is 0 Å². The van der Waals surface area contributed by atoms with Gasteiger partial charge in [-0.15, -0.1) is 0 Å². The fourth-order valence-corrected chi connectivity index (χ4v) is 2.78. The first-order valence-corrected chi connectivity index (χ1v) is 8.44. The molecule has 1 unspecified atom stereocenters. The molecule has 98 valence electrons. The molecule has 0 aliphatic heterocycles. The number of alkyl halides is 1. The van der Waals surface area contributed by atoms with E-state index in [0.29, 0.717) is 0 Å². The molecule has 3 atom stereocenters. The van der Waals surface area contributed by atoms with Crippen LogP contribution >= 0.6 is 22.6 Å². The first kappa shape index (κ1) is 16.7. The van der Waals surface area contributed by atoms with Crippen molar-refractivity contribution in [1.82, 2.24) is 0 Å². The van der Waals surface area contributed by atoms with Gasteiger partial charge in [0.2, 0.25) is 0 Å². The predicted octanol–water partition coefficient (Wildman–Crippen LogP) is 6.22. The summed E-state index contributed by atoms with van der Waals surface area (Å²) in [5.41, 5.74) is 0. The first-order valence-electron chi connectivity index (χ1n) is 7.20. The van der Waals surface area contributed by atoms with Crippen LogP contribution in [0.3, 0.4) is 0 Å². The lowest BCUT2D eigenvalue weighted by molar-refractivity contribution is 0.401. The van der Waals surface area contributed by atoms with Gasteiger partial charge in [0.15, 0.2) is 0 Å². The van der Waals surface area contributed by atoms with Crippen molar-refractivity contribution < 1.29 is 0 Å². The van der Waals surface area contributed by atoms with E-state index in [2.05, 4.69) is 50.3 Å². The molecule has 0 bridgehead atoms. The maximum Gasteiger partial charge on any atom is 0.00813 e. The van der Waals surface area contributed by atoms with Crippen molar-refractivity contribution in [2.45, 2.75) is 83.0 Å². The summed E-state index contributed by atoms with van der Waals surface area (Å²) in [4.78, 5) is 0. The largest absolute Gasteiger partial charge is 0.0829 e.